The van der Waals surface area contributed by atoms with Crippen LogP contribution in [0.4, 0.5) is 17.2 Å². The quantitative estimate of drug-likeness (QED) is 0.347. The van der Waals surface area contributed by atoms with Crippen molar-refractivity contribution in [3.05, 3.63) is 54.6 Å². The summed E-state index contributed by atoms with van der Waals surface area (Å²) >= 11 is 0. The number of anilines is 3. The molecule has 168 valence electrons. The molecular formula is C22H24BN7O3. The van der Waals surface area contributed by atoms with E-state index in [9.17, 15) is 4.79 Å². The summed E-state index contributed by atoms with van der Waals surface area (Å²) in [5, 5.41) is 5.42. The second kappa shape index (κ2) is 10.8. The van der Waals surface area contributed by atoms with Gasteiger partial charge in [-0.1, -0.05) is 12.1 Å². The lowest BCUT2D eigenvalue weighted by molar-refractivity contribution is 0.102. The van der Waals surface area contributed by atoms with Crippen LogP contribution in [-0.4, -0.2) is 68.3 Å². The van der Waals surface area contributed by atoms with E-state index in [0.717, 1.165) is 24.3 Å². The third-order valence-electron chi connectivity index (χ3n) is 5.06. The molecule has 0 atom stereocenters. The second-order valence-electron chi connectivity index (χ2n) is 7.27. The standard InChI is InChI=1S/C22H24BN7O3/c23-27-6-9-33-16-3-1-2-15(12-16)17-14-26-21(24)20(28-17)22(31)29-18-13-25-5-4-19(18)30-7-10-32-11-8-30/h1-5,12-14,27H,6-11H2,(H2,24,26)(H,29,31). The zero-order valence-corrected chi connectivity index (χ0v) is 18.0. The van der Waals surface area contributed by atoms with Crippen LogP contribution in [0.3, 0.4) is 0 Å². The first-order valence-corrected chi connectivity index (χ1v) is 10.5. The Bertz CT molecular complexity index is 1110. The Morgan fingerprint density at radius 3 is 2.91 bits per heavy atom. The first kappa shape index (κ1) is 22.5. The van der Waals surface area contributed by atoms with Gasteiger partial charge in [0.25, 0.3) is 5.91 Å². The summed E-state index contributed by atoms with van der Waals surface area (Å²) in [6.45, 7) is 3.63. The van der Waals surface area contributed by atoms with Crippen molar-refractivity contribution < 1.29 is 14.3 Å². The molecule has 0 spiro atoms. The zero-order valence-electron chi connectivity index (χ0n) is 18.0. The van der Waals surface area contributed by atoms with Crippen LogP contribution in [0.15, 0.2) is 48.9 Å². The van der Waals surface area contributed by atoms with Gasteiger partial charge >= 0.3 is 0 Å². The number of hydrogen-bond acceptors (Lipinski definition) is 9. The summed E-state index contributed by atoms with van der Waals surface area (Å²) in [6.07, 6.45) is 4.82. The Kier molecular flexibility index (Phi) is 7.33. The number of pyridine rings is 1. The largest absolute Gasteiger partial charge is 0.492 e. The van der Waals surface area contributed by atoms with Gasteiger partial charge < -0.3 is 30.7 Å². The molecule has 1 fully saturated rings. The summed E-state index contributed by atoms with van der Waals surface area (Å²) in [5.74, 6) is 0.221. The van der Waals surface area contributed by atoms with E-state index in [0.29, 0.717) is 43.5 Å². The van der Waals surface area contributed by atoms with Crippen LogP contribution in [0.2, 0.25) is 0 Å². The number of nitrogens with two attached hydrogens (primary N) is 1. The van der Waals surface area contributed by atoms with Crippen molar-refractivity contribution >= 4 is 31.1 Å². The van der Waals surface area contributed by atoms with Crippen LogP contribution in [0.5, 0.6) is 5.75 Å². The maximum absolute atomic E-state index is 13.1. The molecule has 1 aliphatic heterocycles. The van der Waals surface area contributed by atoms with Crippen molar-refractivity contribution in [2.75, 3.05) is 55.4 Å². The normalized spacial score (nSPS) is 13.5. The summed E-state index contributed by atoms with van der Waals surface area (Å²) < 4.78 is 11.1. The first-order chi connectivity index (χ1) is 16.2. The van der Waals surface area contributed by atoms with E-state index in [2.05, 4.69) is 30.4 Å². The number of hydrogen-bond donors (Lipinski definition) is 3. The molecule has 33 heavy (non-hydrogen) atoms. The molecule has 0 aliphatic carbocycles. The molecule has 1 saturated heterocycles. The molecule has 1 aromatic carbocycles. The summed E-state index contributed by atoms with van der Waals surface area (Å²) in [6, 6.07) is 9.19. The SMILES string of the molecule is [B]NCCOc1cccc(-c2cnc(N)c(C(=O)Nc3cnccc3N3CCOCC3)n2)c1. The molecule has 3 heterocycles. The van der Waals surface area contributed by atoms with Gasteiger partial charge in [0.15, 0.2) is 19.5 Å². The minimum Gasteiger partial charge on any atom is -0.492 e. The van der Waals surface area contributed by atoms with E-state index >= 15 is 0 Å². The molecule has 2 aromatic heterocycles. The predicted molar refractivity (Wildman–Crippen MR) is 126 cm³/mol. The number of carbonyl (C=O) groups excluding carboxylic acids is 1. The minimum atomic E-state index is -0.467. The third kappa shape index (κ3) is 5.57. The summed E-state index contributed by atoms with van der Waals surface area (Å²) in [7, 11) is 5.27. The van der Waals surface area contributed by atoms with E-state index in [1.807, 2.05) is 30.3 Å². The molecule has 4 N–H and O–H groups in total. The smallest absolute Gasteiger partial charge is 0.278 e. The molecular weight excluding hydrogens is 421 g/mol. The maximum Gasteiger partial charge on any atom is 0.278 e. The Labute approximate surface area is 193 Å². The lowest BCUT2D eigenvalue weighted by Crippen LogP contribution is -2.36. The fraction of sp³-hybridized carbons (Fsp3) is 0.273. The van der Waals surface area contributed by atoms with Crippen LogP contribution in [0.1, 0.15) is 10.5 Å². The number of aromatic nitrogens is 3. The van der Waals surface area contributed by atoms with Crippen LogP contribution in [0.25, 0.3) is 11.3 Å². The fourth-order valence-electron chi connectivity index (χ4n) is 3.42. The van der Waals surface area contributed by atoms with Gasteiger partial charge in [0.2, 0.25) is 0 Å². The minimum absolute atomic E-state index is 0.0305. The number of nitrogen functional groups attached to an aromatic ring is 1. The van der Waals surface area contributed by atoms with Crippen LogP contribution in [0, 0.1) is 0 Å². The fourth-order valence-corrected chi connectivity index (χ4v) is 3.42. The highest BCUT2D eigenvalue weighted by Crippen LogP contribution is 2.27. The predicted octanol–water partition coefficient (Wildman–Crippen LogP) is 1.26. The van der Waals surface area contributed by atoms with Gasteiger partial charge in [-0.05, 0) is 18.2 Å². The van der Waals surface area contributed by atoms with E-state index in [1.54, 1.807) is 12.4 Å². The lowest BCUT2D eigenvalue weighted by Gasteiger charge is -2.30. The molecule has 4 rings (SSSR count). The summed E-state index contributed by atoms with van der Waals surface area (Å²) in [5.41, 5.74) is 8.69. The van der Waals surface area contributed by atoms with Gasteiger partial charge in [-0.3, -0.25) is 9.78 Å². The van der Waals surface area contributed by atoms with E-state index in [4.69, 9.17) is 23.2 Å². The molecule has 1 aliphatic rings. The molecule has 0 saturated carbocycles. The first-order valence-electron chi connectivity index (χ1n) is 10.5. The second-order valence-corrected chi connectivity index (χ2v) is 7.27. The zero-order chi connectivity index (χ0) is 23.0. The molecule has 10 nitrogen and oxygen atoms in total. The molecule has 2 radical (unpaired) electrons. The Balaban J connectivity index is 1.55. The van der Waals surface area contributed by atoms with Gasteiger partial charge in [0.1, 0.15) is 5.75 Å². The highest BCUT2D eigenvalue weighted by molar-refractivity contribution is 6.07. The highest BCUT2D eigenvalue weighted by atomic mass is 16.5. The molecule has 11 heteroatoms. The number of carbonyl (C=O) groups is 1. The number of ether oxygens (including phenoxy) is 2. The molecule has 0 bridgehead atoms. The monoisotopic (exact) mass is 445 g/mol. The molecule has 1 amide bonds. The van der Waals surface area contributed by atoms with Crippen molar-refractivity contribution in [3.8, 4) is 17.0 Å². The average Bonchev–Trinajstić information content (AvgIpc) is 2.85. The van der Waals surface area contributed by atoms with Gasteiger partial charge in [0, 0.05) is 31.4 Å². The number of benzene rings is 1. The van der Waals surface area contributed by atoms with Crippen LogP contribution < -0.4 is 25.9 Å². The van der Waals surface area contributed by atoms with Crippen LogP contribution in [-0.2, 0) is 4.74 Å². The van der Waals surface area contributed by atoms with Crippen molar-refractivity contribution in [1.82, 2.24) is 20.2 Å². The number of rotatable bonds is 8. The van der Waals surface area contributed by atoms with Crippen molar-refractivity contribution in [2.24, 2.45) is 0 Å². The Morgan fingerprint density at radius 2 is 2.09 bits per heavy atom. The van der Waals surface area contributed by atoms with Gasteiger partial charge in [-0.15, -0.1) is 0 Å². The van der Waals surface area contributed by atoms with Crippen molar-refractivity contribution in [2.45, 2.75) is 0 Å². The number of nitrogens with one attached hydrogen (secondary N) is 2. The van der Waals surface area contributed by atoms with E-state index in [1.165, 1.54) is 6.20 Å². The third-order valence-corrected chi connectivity index (χ3v) is 5.06. The van der Waals surface area contributed by atoms with Gasteiger partial charge in [0.05, 0.1) is 49.3 Å². The topological polar surface area (TPSA) is 128 Å². The molecule has 3 aromatic rings. The van der Waals surface area contributed by atoms with Crippen molar-refractivity contribution in [3.63, 3.8) is 0 Å². The molecule has 0 unspecified atom stereocenters. The van der Waals surface area contributed by atoms with Gasteiger partial charge in [-0.25, -0.2) is 9.97 Å². The van der Waals surface area contributed by atoms with E-state index in [-0.39, 0.29) is 11.5 Å². The Morgan fingerprint density at radius 1 is 1.24 bits per heavy atom. The number of amides is 1. The van der Waals surface area contributed by atoms with Crippen molar-refractivity contribution in [1.29, 1.82) is 0 Å². The average molecular weight is 445 g/mol. The maximum atomic E-state index is 13.1. The highest BCUT2D eigenvalue weighted by Gasteiger charge is 2.20. The lowest BCUT2D eigenvalue weighted by atomic mass is 10.1. The summed E-state index contributed by atoms with van der Waals surface area (Å²) in [4.78, 5) is 28.0. The number of morpholine rings is 1. The van der Waals surface area contributed by atoms with Crippen LogP contribution >= 0.6 is 0 Å². The van der Waals surface area contributed by atoms with E-state index < -0.39 is 5.91 Å². The van der Waals surface area contributed by atoms with Gasteiger partial charge in [-0.2, -0.15) is 0 Å². The Hall–Kier alpha value is -3.70. The number of nitrogens with zero attached hydrogens (tertiary/aromatic N) is 4.